The predicted octanol–water partition coefficient (Wildman–Crippen LogP) is 3.63. The van der Waals surface area contributed by atoms with Crippen molar-refractivity contribution in [2.45, 2.75) is 0 Å². The molecule has 2 aromatic rings. The minimum atomic E-state index is -0.537. The van der Waals surface area contributed by atoms with Crippen LogP contribution in [-0.2, 0) is 0 Å². The van der Waals surface area contributed by atoms with Crippen LogP contribution in [-0.4, -0.2) is 19.2 Å². The maximum atomic E-state index is 13.6. The number of nitrogens with one attached hydrogen (secondary N) is 1. The molecule has 19 heavy (non-hydrogen) atoms. The van der Waals surface area contributed by atoms with Gasteiger partial charge in [-0.3, -0.25) is 0 Å². The van der Waals surface area contributed by atoms with Crippen molar-refractivity contribution in [3.8, 4) is 11.5 Å². The molecule has 0 unspecified atom stereocenters. The smallest absolute Gasteiger partial charge is 0.167 e. The first-order valence-corrected chi connectivity index (χ1v) is 5.82. The fourth-order valence-electron chi connectivity index (χ4n) is 1.54. The zero-order chi connectivity index (χ0) is 13.8. The summed E-state index contributed by atoms with van der Waals surface area (Å²) in [7, 11) is 3.08. The van der Waals surface area contributed by atoms with Crippen molar-refractivity contribution in [3.63, 3.8) is 0 Å². The van der Waals surface area contributed by atoms with E-state index in [-0.39, 0.29) is 10.8 Å². The molecule has 0 amide bonds. The number of methoxy groups -OCH3 is 2. The number of aromatic nitrogens is 1. The number of hydrogen-bond donors (Lipinski definition) is 1. The van der Waals surface area contributed by atoms with Crippen LogP contribution in [0, 0.1) is 5.82 Å². The molecular formula is C13H12ClFN2O2. The molecule has 1 aromatic heterocycles. The molecule has 0 bridgehead atoms. The molecular weight excluding hydrogens is 271 g/mol. The van der Waals surface area contributed by atoms with Crippen LogP contribution in [0.5, 0.6) is 11.5 Å². The summed E-state index contributed by atoms with van der Waals surface area (Å²) in [6.45, 7) is 0. The van der Waals surface area contributed by atoms with Gasteiger partial charge in [-0.2, -0.15) is 0 Å². The van der Waals surface area contributed by atoms with E-state index in [0.717, 1.165) is 0 Å². The van der Waals surface area contributed by atoms with E-state index >= 15 is 0 Å². The Morgan fingerprint density at radius 1 is 1.21 bits per heavy atom. The van der Waals surface area contributed by atoms with E-state index in [2.05, 4.69) is 10.3 Å². The summed E-state index contributed by atoms with van der Waals surface area (Å²) >= 11 is 5.65. The number of anilines is 2. The fraction of sp³-hybridized carbons (Fsp3) is 0.154. The van der Waals surface area contributed by atoms with Crippen LogP contribution in [0.4, 0.5) is 15.9 Å². The first-order chi connectivity index (χ1) is 9.13. The highest BCUT2D eigenvalue weighted by Crippen LogP contribution is 2.31. The second-order valence-electron chi connectivity index (χ2n) is 3.68. The van der Waals surface area contributed by atoms with Gasteiger partial charge in [-0.1, -0.05) is 11.6 Å². The number of rotatable bonds is 4. The number of ether oxygens (including phenoxy) is 2. The summed E-state index contributed by atoms with van der Waals surface area (Å²) < 4.78 is 23.9. The SMILES string of the molecule is COc1ccc(Nc2ncc(Cl)cc2F)c(OC)c1. The quantitative estimate of drug-likeness (QED) is 0.930. The summed E-state index contributed by atoms with van der Waals surface area (Å²) in [4.78, 5) is 3.89. The Kier molecular flexibility index (Phi) is 4.06. The molecule has 0 spiro atoms. The lowest BCUT2D eigenvalue weighted by atomic mass is 10.2. The monoisotopic (exact) mass is 282 g/mol. The Bertz CT molecular complexity index is 593. The highest BCUT2D eigenvalue weighted by Gasteiger charge is 2.09. The van der Waals surface area contributed by atoms with Gasteiger partial charge in [-0.05, 0) is 18.2 Å². The van der Waals surface area contributed by atoms with E-state index in [1.165, 1.54) is 19.4 Å². The van der Waals surface area contributed by atoms with Crippen LogP contribution in [0.15, 0.2) is 30.5 Å². The molecule has 0 aliphatic rings. The highest BCUT2D eigenvalue weighted by molar-refractivity contribution is 6.30. The minimum Gasteiger partial charge on any atom is -0.497 e. The molecule has 4 nitrogen and oxygen atoms in total. The minimum absolute atomic E-state index is 0.0767. The van der Waals surface area contributed by atoms with E-state index in [9.17, 15) is 4.39 Å². The first-order valence-electron chi connectivity index (χ1n) is 5.44. The van der Waals surface area contributed by atoms with Gasteiger partial charge in [0.25, 0.3) is 0 Å². The van der Waals surface area contributed by atoms with Gasteiger partial charge < -0.3 is 14.8 Å². The molecule has 1 heterocycles. The van der Waals surface area contributed by atoms with Crippen LogP contribution in [0.3, 0.4) is 0 Å². The molecule has 6 heteroatoms. The third-order valence-electron chi connectivity index (χ3n) is 2.47. The summed E-state index contributed by atoms with van der Waals surface area (Å²) in [5.74, 6) is 0.709. The number of benzene rings is 1. The molecule has 0 aliphatic heterocycles. The van der Waals surface area contributed by atoms with Crippen molar-refractivity contribution in [2.24, 2.45) is 0 Å². The van der Waals surface area contributed by atoms with Crippen molar-refractivity contribution < 1.29 is 13.9 Å². The molecule has 1 N–H and O–H groups in total. The van der Waals surface area contributed by atoms with Crippen molar-refractivity contribution in [3.05, 3.63) is 41.3 Å². The number of halogens is 2. The molecule has 0 atom stereocenters. The van der Waals surface area contributed by atoms with E-state index < -0.39 is 5.82 Å². The van der Waals surface area contributed by atoms with Gasteiger partial charge in [0, 0.05) is 12.3 Å². The largest absolute Gasteiger partial charge is 0.497 e. The van der Waals surface area contributed by atoms with Gasteiger partial charge in [-0.25, -0.2) is 9.37 Å². The zero-order valence-electron chi connectivity index (χ0n) is 10.4. The van der Waals surface area contributed by atoms with Crippen LogP contribution in [0.2, 0.25) is 5.02 Å². The Hall–Kier alpha value is -2.01. The lowest BCUT2D eigenvalue weighted by Crippen LogP contribution is -1.99. The van der Waals surface area contributed by atoms with Gasteiger partial charge in [0.2, 0.25) is 0 Å². The normalized spacial score (nSPS) is 10.1. The van der Waals surface area contributed by atoms with Crippen molar-refractivity contribution in [1.82, 2.24) is 4.98 Å². The summed E-state index contributed by atoms with van der Waals surface area (Å²) in [5, 5.41) is 3.09. The molecule has 100 valence electrons. The van der Waals surface area contributed by atoms with Crippen molar-refractivity contribution in [1.29, 1.82) is 0 Å². The number of pyridine rings is 1. The number of nitrogens with zero attached hydrogens (tertiary/aromatic N) is 1. The van der Waals surface area contributed by atoms with Gasteiger partial charge in [-0.15, -0.1) is 0 Å². The van der Waals surface area contributed by atoms with Crippen LogP contribution in [0.25, 0.3) is 0 Å². The van der Waals surface area contributed by atoms with Crippen molar-refractivity contribution >= 4 is 23.1 Å². The molecule has 0 saturated heterocycles. The molecule has 0 aliphatic carbocycles. The molecule has 0 fully saturated rings. The zero-order valence-corrected chi connectivity index (χ0v) is 11.2. The standard InChI is InChI=1S/C13H12ClFN2O2/c1-18-9-3-4-11(12(6-9)19-2)17-13-10(15)5-8(14)7-16-13/h3-7H,1-2H3,(H,16,17). The molecule has 0 radical (unpaired) electrons. The second kappa shape index (κ2) is 5.75. The summed E-state index contributed by atoms with van der Waals surface area (Å²) in [6, 6.07) is 6.33. The van der Waals surface area contributed by atoms with Crippen molar-refractivity contribution in [2.75, 3.05) is 19.5 Å². The van der Waals surface area contributed by atoms with Gasteiger partial charge in [0.1, 0.15) is 11.5 Å². The first kappa shape index (κ1) is 13.4. The lowest BCUT2D eigenvalue weighted by molar-refractivity contribution is 0.395. The predicted molar refractivity (Wildman–Crippen MR) is 72.0 cm³/mol. The Balaban J connectivity index is 2.32. The van der Waals surface area contributed by atoms with Gasteiger partial charge in [0.05, 0.1) is 24.9 Å². The Morgan fingerprint density at radius 2 is 2.00 bits per heavy atom. The average molecular weight is 283 g/mol. The second-order valence-corrected chi connectivity index (χ2v) is 4.11. The average Bonchev–Trinajstić information content (AvgIpc) is 2.42. The Morgan fingerprint density at radius 3 is 2.63 bits per heavy atom. The third-order valence-corrected chi connectivity index (χ3v) is 2.68. The van der Waals surface area contributed by atoms with E-state index in [1.54, 1.807) is 25.3 Å². The Labute approximate surface area is 115 Å². The lowest BCUT2D eigenvalue weighted by Gasteiger charge is -2.12. The van der Waals surface area contributed by atoms with Gasteiger partial charge in [0.15, 0.2) is 11.6 Å². The fourth-order valence-corrected chi connectivity index (χ4v) is 1.68. The maximum absolute atomic E-state index is 13.6. The molecule has 1 aromatic carbocycles. The van der Waals surface area contributed by atoms with Gasteiger partial charge >= 0.3 is 0 Å². The molecule has 0 saturated carbocycles. The molecule has 2 rings (SSSR count). The van der Waals surface area contributed by atoms with E-state index in [1.807, 2.05) is 0 Å². The van der Waals surface area contributed by atoms with E-state index in [0.29, 0.717) is 17.2 Å². The topological polar surface area (TPSA) is 43.4 Å². The maximum Gasteiger partial charge on any atom is 0.167 e. The van der Waals surface area contributed by atoms with Crippen LogP contribution < -0.4 is 14.8 Å². The van der Waals surface area contributed by atoms with E-state index in [4.69, 9.17) is 21.1 Å². The van der Waals surface area contributed by atoms with Crippen LogP contribution in [0.1, 0.15) is 0 Å². The van der Waals surface area contributed by atoms with Crippen LogP contribution >= 0.6 is 11.6 Å². The number of hydrogen-bond acceptors (Lipinski definition) is 4. The third kappa shape index (κ3) is 3.06. The highest BCUT2D eigenvalue weighted by atomic mass is 35.5. The summed E-state index contributed by atoms with van der Waals surface area (Å²) in [6.07, 6.45) is 1.36. The summed E-state index contributed by atoms with van der Waals surface area (Å²) in [5.41, 5.74) is 0.581.